The maximum absolute atomic E-state index is 12.3. The fourth-order valence-corrected chi connectivity index (χ4v) is 2.87. The molecular weight excluding hydrogens is 297 g/mol. The number of carbonyl (C=O) groups excluding carboxylic acids is 1. The quantitative estimate of drug-likeness (QED) is 0.912. The lowest BCUT2D eigenvalue weighted by Gasteiger charge is -2.30. The monoisotopic (exact) mass is 313 g/mol. The number of carbonyl (C=O) groups is 1. The zero-order valence-corrected chi connectivity index (χ0v) is 11.7. The van der Waals surface area contributed by atoms with Gasteiger partial charge in [0.2, 0.25) is 0 Å². The number of alkyl halides is 3. The van der Waals surface area contributed by atoms with Crippen LogP contribution in [0.3, 0.4) is 0 Å². The van der Waals surface area contributed by atoms with Gasteiger partial charge in [0.1, 0.15) is 17.1 Å². The first kappa shape index (κ1) is 13.6. The van der Waals surface area contributed by atoms with Gasteiger partial charge in [-0.15, -0.1) is 13.2 Å². The third-order valence-electron chi connectivity index (χ3n) is 3.85. The topological polar surface area (TPSA) is 50.7 Å². The van der Waals surface area contributed by atoms with E-state index >= 15 is 0 Å². The van der Waals surface area contributed by atoms with Gasteiger partial charge in [0, 0.05) is 5.56 Å². The minimum absolute atomic E-state index is 0.125. The molecule has 118 valence electrons. The Morgan fingerprint density at radius 2 is 1.82 bits per heavy atom. The fourth-order valence-electron chi connectivity index (χ4n) is 2.87. The first-order valence-electron chi connectivity index (χ1n) is 7.55. The van der Waals surface area contributed by atoms with E-state index in [1.165, 1.54) is 12.1 Å². The molecule has 1 heterocycles. The highest BCUT2D eigenvalue weighted by atomic mass is 19.4. The van der Waals surface area contributed by atoms with Gasteiger partial charge in [0.15, 0.2) is 1.41 Å². The first-order valence-corrected chi connectivity index (χ1v) is 7.10. The molecule has 7 heteroatoms. The molecule has 0 unspecified atom stereocenters. The van der Waals surface area contributed by atoms with Crippen LogP contribution in [0.2, 0.25) is 1.41 Å². The molecule has 1 aliphatic carbocycles. The van der Waals surface area contributed by atoms with E-state index in [1.54, 1.807) is 0 Å². The van der Waals surface area contributed by atoms with Gasteiger partial charge in [-0.1, -0.05) is 6.42 Å². The van der Waals surface area contributed by atoms with E-state index in [4.69, 9.17) is 1.41 Å². The van der Waals surface area contributed by atoms with Gasteiger partial charge in [-0.3, -0.25) is 9.79 Å². The van der Waals surface area contributed by atoms with Gasteiger partial charge in [-0.05, 0) is 49.9 Å². The van der Waals surface area contributed by atoms with Gasteiger partial charge in [-0.25, -0.2) is 0 Å². The molecular formula is C15H15F3N2O2. The number of halogens is 3. The maximum atomic E-state index is 12.3. The Kier molecular flexibility index (Phi) is 3.28. The Morgan fingerprint density at radius 3 is 2.41 bits per heavy atom. The van der Waals surface area contributed by atoms with Crippen LogP contribution >= 0.6 is 0 Å². The van der Waals surface area contributed by atoms with Gasteiger partial charge < -0.3 is 10.0 Å². The van der Waals surface area contributed by atoms with Crippen molar-refractivity contribution in [3.8, 4) is 5.75 Å². The molecule has 2 aliphatic rings. The van der Waals surface area contributed by atoms with Crippen molar-refractivity contribution in [3.05, 3.63) is 29.8 Å². The van der Waals surface area contributed by atoms with Crippen molar-refractivity contribution in [1.29, 1.82) is 0 Å². The van der Waals surface area contributed by atoms with E-state index in [0.717, 1.165) is 36.7 Å². The molecule has 0 bridgehead atoms. The molecule has 1 saturated carbocycles. The second-order valence-corrected chi connectivity index (χ2v) is 5.49. The summed E-state index contributed by atoms with van der Waals surface area (Å²) in [4.78, 5) is 16.7. The van der Waals surface area contributed by atoms with Crippen LogP contribution in [0.5, 0.6) is 5.75 Å². The molecule has 0 saturated heterocycles. The average Bonchev–Trinajstić information content (AvgIpc) is 2.73. The molecule has 1 aromatic rings. The van der Waals surface area contributed by atoms with Gasteiger partial charge in [0.05, 0.1) is 0 Å². The van der Waals surface area contributed by atoms with Crippen molar-refractivity contribution in [2.24, 2.45) is 4.99 Å². The molecule has 22 heavy (non-hydrogen) atoms. The number of hydrogen-bond donors (Lipinski definition) is 1. The molecule has 1 N–H and O–H groups in total. The Balaban J connectivity index is 1.86. The van der Waals surface area contributed by atoms with Gasteiger partial charge in [0.25, 0.3) is 5.91 Å². The van der Waals surface area contributed by atoms with E-state index < -0.39 is 17.9 Å². The van der Waals surface area contributed by atoms with Crippen LogP contribution in [0, 0.1) is 0 Å². The predicted molar refractivity (Wildman–Crippen MR) is 73.6 cm³/mol. The zero-order chi connectivity index (χ0) is 16.7. The van der Waals surface area contributed by atoms with Crippen LogP contribution in [-0.2, 0) is 4.79 Å². The molecule has 0 radical (unpaired) electrons. The number of benzene rings is 1. The molecule has 1 amide bonds. The Morgan fingerprint density at radius 1 is 1.18 bits per heavy atom. The second-order valence-electron chi connectivity index (χ2n) is 5.49. The highest BCUT2D eigenvalue weighted by Crippen LogP contribution is 2.33. The van der Waals surface area contributed by atoms with E-state index in [0.29, 0.717) is 18.4 Å². The molecule has 0 atom stereocenters. The molecule has 1 aromatic carbocycles. The van der Waals surface area contributed by atoms with Crippen LogP contribution in [0.15, 0.2) is 29.3 Å². The third-order valence-corrected chi connectivity index (χ3v) is 3.85. The molecule has 1 aliphatic heterocycles. The SMILES string of the molecule is [2H]N1C(=O)C(c2ccc(OC(F)(F)F)cc2)=NC12CCCCC2. The van der Waals surface area contributed by atoms with E-state index in [2.05, 4.69) is 9.73 Å². The smallest absolute Gasteiger partial charge is 0.406 e. The Labute approximate surface area is 126 Å². The molecule has 1 spiro atoms. The fraction of sp³-hybridized carbons (Fsp3) is 0.467. The number of aliphatic imine (C=N–C) groups is 1. The van der Waals surface area contributed by atoms with Crippen LogP contribution in [0.25, 0.3) is 0 Å². The summed E-state index contributed by atoms with van der Waals surface area (Å²) in [5, 5.41) is 0.918. The number of hydrogen-bond acceptors (Lipinski definition) is 3. The van der Waals surface area contributed by atoms with Gasteiger partial charge in [-0.2, -0.15) is 0 Å². The predicted octanol–water partition coefficient (Wildman–Crippen LogP) is 3.16. The molecule has 0 aromatic heterocycles. The van der Waals surface area contributed by atoms with Crippen molar-refractivity contribution >= 4 is 11.6 Å². The molecule has 3 rings (SSSR count). The third kappa shape index (κ3) is 3.08. The van der Waals surface area contributed by atoms with E-state index in [9.17, 15) is 18.0 Å². The normalized spacial score (nSPS) is 21.8. The van der Waals surface area contributed by atoms with Crippen LogP contribution in [0.1, 0.15) is 37.7 Å². The summed E-state index contributed by atoms with van der Waals surface area (Å²) < 4.78 is 48.3. The second kappa shape index (κ2) is 5.30. The first-order chi connectivity index (χ1) is 10.8. The molecule has 4 nitrogen and oxygen atoms in total. The number of nitrogens with zero attached hydrogens (tertiary/aromatic N) is 1. The Hall–Kier alpha value is -2.05. The van der Waals surface area contributed by atoms with Crippen LogP contribution < -0.4 is 10.0 Å². The van der Waals surface area contributed by atoms with Gasteiger partial charge >= 0.3 is 6.36 Å². The summed E-state index contributed by atoms with van der Waals surface area (Å²) in [5.74, 6) is -0.876. The number of ether oxygens (including phenoxy) is 1. The van der Waals surface area contributed by atoms with Crippen molar-refractivity contribution in [2.45, 2.75) is 44.1 Å². The standard InChI is InChI=1S/C15H15F3N2O2/c16-15(17,18)22-11-6-4-10(5-7-11)12-13(21)20-14(19-12)8-2-1-3-9-14/h4-7H,1-3,8-9H2,(H,20,21)/i/hD. The summed E-state index contributed by atoms with van der Waals surface area (Å²) in [6.07, 6.45) is -0.623. The van der Waals surface area contributed by atoms with Crippen molar-refractivity contribution in [1.82, 2.24) is 5.31 Å². The summed E-state index contributed by atoms with van der Waals surface area (Å²) in [6.45, 7) is 0. The van der Waals surface area contributed by atoms with Crippen molar-refractivity contribution in [2.75, 3.05) is 0 Å². The highest BCUT2D eigenvalue weighted by molar-refractivity contribution is 6.46. The number of rotatable bonds is 2. The maximum Gasteiger partial charge on any atom is 0.573 e. The summed E-state index contributed by atoms with van der Waals surface area (Å²) in [5.41, 5.74) is -0.295. The summed E-state index contributed by atoms with van der Waals surface area (Å²) >= 11 is 0. The van der Waals surface area contributed by atoms with E-state index in [-0.39, 0.29) is 11.5 Å². The van der Waals surface area contributed by atoms with Crippen LogP contribution in [-0.4, -0.2) is 23.6 Å². The zero-order valence-electron chi connectivity index (χ0n) is 12.7. The summed E-state index contributed by atoms with van der Waals surface area (Å²) in [7, 11) is 0. The minimum atomic E-state index is -4.76. The van der Waals surface area contributed by atoms with E-state index in [1.807, 2.05) is 0 Å². The van der Waals surface area contributed by atoms with Crippen LogP contribution in [0.4, 0.5) is 13.2 Å². The number of nitrogens with one attached hydrogen (secondary N) is 1. The molecule has 1 fully saturated rings. The largest absolute Gasteiger partial charge is 0.573 e. The summed E-state index contributed by atoms with van der Waals surface area (Å²) in [6, 6.07) is 4.98. The average molecular weight is 313 g/mol. The Bertz CT molecular complexity index is 637. The highest BCUT2D eigenvalue weighted by Gasteiger charge is 2.40. The number of amides is 1. The lowest BCUT2D eigenvalue weighted by Crippen LogP contribution is -2.43. The van der Waals surface area contributed by atoms with Crippen molar-refractivity contribution in [3.63, 3.8) is 0 Å². The minimum Gasteiger partial charge on any atom is -0.406 e. The lowest BCUT2D eigenvalue weighted by molar-refractivity contribution is -0.274. The van der Waals surface area contributed by atoms with Crippen molar-refractivity contribution < 1.29 is 24.1 Å². The lowest BCUT2D eigenvalue weighted by atomic mass is 9.90.